The van der Waals surface area contributed by atoms with Gasteiger partial charge in [-0.25, -0.2) is 9.59 Å². The molecular weight excluding hydrogens is 728 g/mol. The van der Waals surface area contributed by atoms with Gasteiger partial charge in [-0.15, -0.1) is 0 Å². The summed E-state index contributed by atoms with van der Waals surface area (Å²) in [5.41, 5.74) is 1.81. The molecule has 1 atom stereocenters. The summed E-state index contributed by atoms with van der Waals surface area (Å²) < 4.78 is 27.5. The van der Waals surface area contributed by atoms with Crippen LogP contribution in [0.15, 0.2) is 83.0 Å². The number of azo groups is 1. The van der Waals surface area contributed by atoms with Crippen molar-refractivity contribution in [2.45, 2.75) is 117 Å². The number of carbonyl (C=O) groups excluding carboxylic acids is 3. The summed E-state index contributed by atoms with van der Waals surface area (Å²) in [6.45, 7) is 6.16. The molecule has 3 rings (SSSR count). The van der Waals surface area contributed by atoms with Crippen LogP contribution >= 0.6 is 0 Å². The van der Waals surface area contributed by atoms with E-state index in [0.29, 0.717) is 48.9 Å². The molecule has 0 aromatic heterocycles. The first-order valence-corrected chi connectivity index (χ1v) is 20.4. The van der Waals surface area contributed by atoms with Gasteiger partial charge < -0.3 is 33.9 Å². The fraction of sp³-hybridized carbons (Fsp3) is 0.533. The number of benzene rings is 3. The zero-order valence-corrected chi connectivity index (χ0v) is 34.0. The Hall–Kier alpha value is -4.81. The van der Waals surface area contributed by atoms with Crippen LogP contribution in [-0.4, -0.2) is 67.3 Å². The van der Waals surface area contributed by atoms with E-state index in [1.165, 1.54) is 6.92 Å². The van der Waals surface area contributed by atoms with E-state index in [0.717, 1.165) is 88.4 Å². The number of carbonyl (C=O) groups is 3. The third kappa shape index (κ3) is 19.3. The second-order valence-corrected chi connectivity index (χ2v) is 14.7. The first-order chi connectivity index (χ1) is 27.6. The van der Waals surface area contributed by atoms with Crippen LogP contribution in [0.4, 0.5) is 11.4 Å². The van der Waals surface area contributed by atoms with Crippen LogP contribution in [-0.2, 0) is 30.4 Å². The lowest BCUT2D eigenvalue weighted by atomic mass is 9.94. The minimum Gasteiger partial charge on any atom is -0.494 e. The van der Waals surface area contributed by atoms with Gasteiger partial charge in [0.2, 0.25) is 0 Å². The molecule has 0 fully saturated rings. The van der Waals surface area contributed by atoms with E-state index >= 15 is 0 Å². The molecule has 0 bridgehead atoms. The lowest BCUT2D eigenvalue weighted by molar-refractivity contribution is -0.153. The average molecular weight is 791 g/mol. The van der Waals surface area contributed by atoms with Crippen molar-refractivity contribution in [2.75, 3.05) is 33.0 Å². The van der Waals surface area contributed by atoms with Gasteiger partial charge >= 0.3 is 17.9 Å². The van der Waals surface area contributed by atoms with Crippen molar-refractivity contribution in [1.29, 1.82) is 0 Å². The summed E-state index contributed by atoms with van der Waals surface area (Å²) in [6.07, 6.45) is 11.8. The zero-order valence-electron chi connectivity index (χ0n) is 34.0. The molecule has 12 heteroatoms. The van der Waals surface area contributed by atoms with E-state index in [1.54, 1.807) is 31.2 Å². The molecule has 57 heavy (non-hydrogen) atoms. The van der Waals surface area contributed by atoms with E-state index in [9.17, 15) is 24.6 Å². The number of hydrogen-bond acceptors (Lipinski definition) is 12. The minimum absolute atomic E-state index is 0.0304. The highest BCUT2D eigenvalue weighted by atomic mass is 16.6. The molecule has 312 valence electrons. The summed E-state index contributed by atoms with van der Waals surface area (Å²) in [5.74, 6) is 0.0474. The first-order valence-electron chi connectivity index (χ1n) is 20.4. The van der Waals surface area contributed by atoms with Gasteiger partial charge in [-0.05, 0) is 92.4 Å². The fourth-order valence-corrected chi connectivity index (χ4v) is 5.42. The number of aliphatic hydroxyl groups is 2. The van der Waals surface area contributed by atoms with E-state index in [1.807, 2.05) is 48.5 Å². The van der Waals surface area contributed by atoms with Gasteiger partial charge in [-0.1, -0.05) is 83.8 Å². The number of rotatable bonds is 29. The van der Waals surface area contributed by atoms with E-state index in [2.05, 4.69) is 17.2 Å². The molecule has 3 aromatic carbocycles. The summed E-state index contributed by atoms with van der Waals surface area (Å²) in [6, 6.07) is 21.7. The highest BCUT2D eigenvalue weighted by molar-refractivity contribution is 5.91. The number of unbranched alkanes of at least 4 members (excludes halogenated alkanes) is 10. The van der Waals surface area contributed by atoms with Crippen LogP contribution in [0.5, 0.6) is 11.5 Å². The normalized spacial score (nSPS) is 11.9. The van der Waals surface area contributed by atoms with Crippen LogP contribution in [0.3, 0.4) is 0 Å². The fourth-order valence-electron chi connectivity index (χ4n) is 5.42. The van der Waals surface area contributed by atoms with Crippen molar-refractivity contribution in [3.8, 4) is 11.5 Å². The predicted octanol–water partition coefficient (Wildman–Crippen LogP) is 9.77. The maximum absolute atomic E-state index is 12.5. The van der Waals surface area contributed by atoms with Gasteiger partial charge in [0.05, 0.1) is 43.4 Å². The molecule has 2 N–H and O–H groups in total. The maximum Gasteiger partial charge on any atom is 0.347 e. The van der Waals surface area contributed by atoms with Gasteiger partial charge in [0.1, 0.15) is 24.7 Å². The molecule has 0 spiro atoms. The Morgan fingerprint density at radius 1 is 0.649 bits per heavy atom. The van der Waals surface area contributed by atoms with Crippen LogP contribution in [0.2, 0.25) is 0 Å². The van der Waals surface area contributed by atoms with Crippen LogP contribution in [0.1, 0.15) is 120 Å². The van der Waals surface area contributed by atoms with Crippen LogP contribution in [0, 0.1) is 5.41 Å². The molecule has 0 radical (unpaired) electrons. The Morgan fingerprint density at radius 3 is 1.75 bits per heavy atom. The molecule has 0 aliphatic heterocycles. The van der Waals surface area contributed by atoms with Crippen molar-refractivity contribution >= 4 is 29.3 Å². The van der Waals surface area contributed by atoms with Gasteiger partial charge in [0, 0.05) is 11.8 Å². The highest BCUT2D eigenvalue weighted by Gasteiger charge is 2.24. The Bertz CT molecular complexity index is 1610. The molecule has 0 saturated heterocycles. The van der Waals surface area contributed by atoms with Crippen molar-refractivity contribution in [3.63, 3.8) is 0 Å². The number of aliphatic hydroxyl groups excluding tert-OH is 2. The molecule has 0 saturated carbocycles. The molecular formula is C45H62N2O10. The molecule has 1 unspecified atom stereocenters. The van der Waals surface area contributed by atoms with Gasteiger partial charge in [-0.2, -0.15) is 10.2 Å². The standard InChI is InChI=1S/C45H62N2O10/c1-4-5-6-14-30-54-43(51)35(2)57-44(52)37-19-17-36(18-20-37)31-55-41-27-23-39(24-28-41)47-46-38-21-25-40(26-22-38)53-29-15-12-10-8-7-9-11-13-16-42(50)56-34-45(3,32-48)33-49/h17-28,35,48-49H,4-16,29-34H2,1-3H3. The number of esters is 3. The molecule has 0 heterocycles. The molecule has 3 aromatic rings. The summed E-state index contributed by atoms with van der Waals surface area (Å²) in [7, 11) is 0. The summed E-state index contributed by atoms with van der Waals surface area (Å²) in [4.78, 5) is 36.5. The Morgan fingerprint density at radius 2 is 1.18 bits per heavy atom. The van der Waals surface area contributed by atoms with Gasteiger partial charge in [0.25, 0.3) is 0 Å². The SMILES string of the molecule is CCCCCCOC(=O)C(C)OC(=O)c1ccc(COc2ccc(N=Nc3ccc(OCCCCCCCCCCC(=O)OCC(C)(CO)CO)cc3)cc2)cc1. The highest BCUT2D eigenvalue weighted by Crippen LogP contribution is 2.24. The van der Waals surface area contributed by atoms with Crippen LogP contribution in [0.25, 0.3) is 0 Å². The van der Waals surface area contributed by atoms with E-state index in [4.69, 9.17) is 23.7 Å². The zero-order chi connectivity index (χ0) is 41.1. The van der Waals surface area contributed by atoms with Gasteiger partial charge in [-0.3, -0.25) is 4.79 Å². The van der Waals surface area contributed by atoms with Crippen molar-refractivity contribution in [2.24, 2.45) is 15.6 Å². The average Bonchev–Trinajstić information content (AvgIpc) is 3.24. The lowest BCUT2D eigenvalue weighted by Crippen LogP contribution is -2.32. The minimum atomic E-state index is -0.980. The molecule has 12 nitrogen and oxygen atoms in total. The molecule has 0 aliphatic carbocycles. The quantitative estimate of drug-likeness (QED) is 0.0300. The lowest BCUT2D eigenvalue weighted by Gasteiger charge is -2.23. The predicted molar refractivity (Wildman–Crippen MR) is 218 cm³/mol. The van der Waals surface area contributed by atoms with Crippen LogP contribution < -0.4 is 9.47 Å². The first kappa shape index (κ1) is 46.6. The van der Waals surface area contributed by atoms with E-state index < -0.39 is 23.5 Å². The monoisotopic (exact) mass is 790 g/mol. The maximum atomic E-state index is 12.5. The second-order valence-electron chi connectivity index (χ2n) is 14.7. The smallest absolute Gasteiger partial charge is 0.347 e. The molecule has 0 amide bonds. The number of ether oxygens (including phenoxy) is 5. The Labute approximate surface area is 337 Å². The molecule has 0 aliphatic rings. The Balaban J connectivity index is 1.24. The van der Waals surface area contributed by atoms with Crippen molar-refractivity contribution in [3.05, 3.63) is 83.9 Å². The third-order valence-corrected chi connectivity index (χ3v) is 9.30. The number of hydrogen-bond donors (Lipinski definition) is 2. The third-order valence-electron chi connectivity index (χ3n) is 9.30. The largest absolute Gasteiger partial charge is 0.494 e. The van der Waals surface area contributed by atoms with Gasteiger partial charge in [0.15, 0.2) is 6.10 Å². The summed E-state index contributed by atoms with van der Waals surface area (Å²) in [5, 5.41) is 27.2. The van der Waals surface area contributed by atoms with Crippen molar-refractivity contribution in [1.82, 2.24) is 0 Å². The number of nitrogens with zero attached hydrogens (tertiary/aromatic N) is 2. The summed E-state index contributed by atoms with van der Waals surface area (Å²) >= 11 is 0. The van der Waals surface area contributed by atoms with Crippen molar-refractivity contribution < 1.29 is 48.3 Å². The Kier molecular flexibility index (Phi) is 22.0. The second kappa shape index (κ2) is 26.9. The van der Waals surface area contributed by atoms with E-state index in [-0.39, 0.29) is 25.8 Å². The topological polar surface area (TPSA) is 163 Å².